The molecule has 0 fully saturated rings. The highest BCUT2D eigenvalue weighted by atomic mass is 16.5. The number of aromatic nitrogens is 2. The number of benzene rings is 2. The molecule has 0 saturated heterocycles. The molecular weight excluding hydrogens is 368 g/mol. The molecule has 2 heterocycles. The van der Waals surface area contributed by atoms with Crippen molar-refractivity contribution < 1.29 is 14.6 Å². The van der Waals surface area contributed by atoms with Crippen molar-refractivity contribution in [1.29, 1.82) is 0 Å². The lowest BCUT2D eigenvalue weighted by Crippen LogP contribution is -2.13. The van der Waals surface area contributed by atoms with Crippen LogP contribution in [0.4, 0.5) is 11.6 Å². The van der Waals surface area contributed by atoms with Crippen LogP contribution in [0.15, 0.2) is 48.7 Å². The van der Waals surface area contributed by atoms with E-state index in [4.69, 9.17) is 4.74 Å². The van der Waals surface area contributed by atoms with Crippen molar-refractivity contribution in [3.8, 4) is 22.8 Å². The Balaban J connectivity index is 1.49. The van der Waals surface area contributed by atoms with Crippen LogP contribution in [0.2, 0.25) is 0 Å². The summed E-state index contributed by atoms with van der Waals surface area (Å²) < 4.78 is 5.35. The first-order valence-electron chi connectivity index (χ1n) is 9.57. The Morgan fingerprint density at radius 2 is 2.10 bits per heavy atom. The van der Waals surface area contributed by atoms with Gasteiger partial charge in [-0.3, -0.25) is 4.79 Å². The summed E-state index contributed by atoms with van der Waals surface area (Å²) in [5, 5.41) is 16.1. The summed E-state index contributed by atoms with van der Waals surface area (Å²) in [6.45, 7) is 2.99. The smallest absolute Gasteiger partial charge is 0.228 e. The molecule has 7 nitrogen and oxygen atoms in total. The average Bonchev–Trinajstić information content (AvgIpc) is 2.85. The minimum absolute atomic E-state index is 0.0733. The number of phenols is 1. The zero-order valence-electron chi connectivity index (χ0n) is 16.1. The number of nitrogens with zero attached hydrogens (tertiary/aromatic N) is 2. The highest BCUT2D eigenvalue weighted by Crippen LogP contribution is 2.32. The summed E-state index contributed by atoms with van der Waals surface area (Å²) in [4.78, 5) is 21.1. The van der Waals surface area contributed by atoms with Gasteiger partial charge in [0.15, 0.2) is 11.5 Å². The first kappa shape index (κ1) is 18.7. The summed E-state index contributed by atoms with van der Waals surface area (Å²) in [6.07, 6.45) is 2.64. The van der Waals surface area contributed by atoms with E-state index in [1.54, 1.807) is 18.3 Å². The normalized spacial score (nSPS) is 12.4. The van der Waals surface area contributed by atoms with Crippen LogP contribution in [0.3, 0.4) is 0 Å². The minimum atomic E-state index is -0.0733. The Kier molecular flexibility index (Phi) is 5.29. The molecule has 4 rings (SSSR count). The summed E-state index contributed by atoms with van der Waals surface area (Å²) in [5.74, 6) is 1.05. The number of hydrogen-bond donors (Lipinski definition) is 3. The molecule has 1 aromatic heterocycles. The van der Waals surface area contributed by atoms with Crippen molar-refractivity contribution in [2.45, 2.75) is 19.8 Å². The number of anilines is 2. The Bertz CT molecular complexity index is 1050. The summed E-state index contributed by atoms with van der Waals surface area (Å²) >= 11 is 0. The first-order valence-corrected chi connectivity index (χ1v) is 9.57. The number of hydrogen-bond acceptors (Lipinski definition) is 6. The Hall–Kier alpha value is -3.61. The molecule has 1 amide bonds. The van der Waals surface area contributed by atoms with E-state index in [1.807, 2.05) is 37.3 Å². The van der Waals surface area contributed by atoms with Crippen LogP contribution in [0.5, 0.6) is 11.5 Å². The average molecular weight is 390 g/mol. The molecule has 1 aliphatic rings. The number of carbonyl (C=O) groups excluding carboxylic acids is 1. The number of aromatic hydroxyl groups is 1. The summed E-state index contributed by atoms with van der Waals surface area (Å²) in [6, 6.07) is 13.0. The third-order valence-corrected chi connectivity index (χ3v) is 4.69. The van der Waals surface area contributed by atoms with Crippen molar-refractivity contribution in [1.82, 2.24) is 9.97 Å². The molecule has 2 aromatic carbocycles. The van der Waals surface area contributed by atoms with Crippen molar-refractivity contribution in [2.75, 3.05) is 23.8 Å². The second-order valence-corrected chi connectivity index (χ2v) is 6.75. The Labute approximate surface area is 168 Å². The fourth-order valence-corrected chi connectivity index (χ4v) is 3.34. The second-order valence-electron chi connectivity index (χ2n) is 6.75. The number of carbonyl (C=O) groups is 1. The van der Waals surface area contributed by atoms with Gasteiger partial charge in [-0.25, -0.2) is 9.97 Å². The van der Waals surface area contributed by atoms with Crippen LogP contribution < -0.4 is 15.4 Å². The molecule has 0 radical (unpaired) electrons. The third kappa shape index (κ3) is 4.13. The van der Waals surface area contributed by atoms with Crippen molar-refractivity contribution in [3.63, 3.8) is 0 Å². The second kappa shape index (κ2) is 8.18. The first-order chi connectivity index (χ1) is 14.1. The quantitative estimate of drug-likeness (QED) is 0.597. The number of nitrogens with one attached hydrogen (secondary N) is 2. The van der Waals surface area contributed by atoms with Crippen LogP contribution in [-0.2, 0) is 17.6 Å². The number of amides is 1. The molecule has 0 unspecified atom stereocenters. The van der Waals surface area contributed by atoms with E-state index in [0.29, 0.717) is 31.3 Å². The Morgan fingerprint density at radius 1 is 1.24 bits per heavy atom. The third-order valence-electron chi connectivity index (χ3n) is 4.69. The molecule has 1 aliphatic heterocycles. The predicted octanol–water partition coefficient (Wildman–Crippen LogP) is 3.40. The van der Waals surface area contributed by atoms with E-state index in [0.717, 1.165) is 28.1 Å². The SMILES string of the molecule is CCOc1ccc(CCNc2ncc3c(n2)-c2ccccc2NC(=O)C3)cc1O. The van der Waals surface area contributed by atoms with Crippen LogP contribution >= 0.6 is 0 Å². The van der Waals surface area contributed by atoms with Gasteiger partial charge in [0, 0.05) is 23.9 Å². The van der Waals surface area contributed by atoms with Crippen LogP contribution in [-0.4, -0.2) is 34.1 Å². The predicted molar refractivity (Wildman–Crippen MR) is 111 cm³/mol. The molecule has 29 heavy (non-hydrogen) atoms. The maximum Gasteiger partial charge on any atom is 0.228 e. The van der Waals surface area contributed by atoms with E-state index in [9.17, 15) is 9.90 Å². The fourth-order valence-electron chi connectivity index (χ4n) is 3.34. The molecule has 0 atom stereocenters. The van der Waals surface area contributed by atoms with Gasteiger partial charge in [-0.1, -0.05) is 24.3 Å². The van der Waals surface area contributed by atoms with E-state index in [-0.39, 0.29) is 18.1 Å². The largest absolute Gasteiger partial charge is 0.504 e. The lowest BCUT2D eigenvalue weighted by molar-refractivity contribution is -0.115. The molecule has 3 N–H and O–H groups in total. The van der Waals surface area contributed by atoms with Crippen molar-refractivity contribution in [2.24, 2.45) is 0 Å². The van der Waals surface area contributed by atoms with Gasteiger partial charge in [-0.05, 0) is 37.1 Å². The number of ether oxygens (including phenoxy) is 1. The summed E-state index contributed by atoms with van der Waals surface area (Å²) in [7, 11) is 0. The topological polar surface area (TPSA) is 96.4 Å². The lowest BCUT2D eigenvalue weighted by atomic mass is 10.1. The van der Waals surface area contributed by atoms with Crippen molar-refractivity contribution >= 4 is 17.5 Å². The minimum Gasteiger partial charge on any atom is -0.504 e. The van der Waals surface area contributed by atoms with E-state index < -0.39 is 0 Å². The number of phenolic OH excluding ortho intramolecular Hbond substituents is 1. The van der Waals surface area contributed by atoms with Gasteiger partial charge in [-0.2, -0.15) is 0 Å². The van der Waals surface area contributed by atoms with Gasteiger partial charge < -0.3 is 20.5 Å². The summed E-state index contributed by atoms with van der Waals surface area (Å²) in [5.41, 5.74) is 4.18. The van der Waals surface area contributed by atoms with Gasteiger partial charge in [-0.15, -0.1) is 0 Å². The maximum atomic E-state index is 12.1. The van der Waals surface area contributed by atoms with Gasteiger partial charge in [0.05, 0.1) is 24.4 Å². The zero-order valence-corrected chi connectivity index (χ0v) is 16.1. The molecule has 0 saturated carbocycles. The Morgan fingerprint density at radius 3 is 2.93 bits per heavy atom. The molecule has 148 valence electrons. The standard InChI is InChI=1S/C22H22N4O3/c1-2-29-19-8-7-14(11-18(19)27)9-10-23-22-24-13-15-12-20(28)25-17-6-4-3-5-16(17)21(15)26-22/h3-8,11,13,27H,2,9-10,12H2,1H3,(H,25,28)(H,23,24,26). The molecule has 0 aliphatic carbocycles. The number of para-hydroxylation sites is 1. The van der Waals surface area contributed by atoms with Gasteiger partial charge in [0.1, 0.15) is 0 Å². The van der Waals surface area contributed by atoms with Gasteiger partial charge >= 0.3 is 0 Å². The van der Waals surface area contributed by atoms with E-state index in [2.05, 4.69) is 20.6 Å². The number of rotatable bonds is 6. The molecular formula is C22H22N4O3. The molecule has 0 spiro atoms. The maximum absolute atomic E-state index is 12.1. The molecule has 3 aromatic rings. The monoisotopic (exact) mass is 390 g/mol. The number of fused-ring (bicyclic) bond motifs is 3. The van der Waals surface area contributed by atoms with Crippen LogP contribution in [0.1, 0.15) is 18.1 Å². The van der Waals surface area contributed by atoms with E-state index >= 15 is 0 Å². The molecule has 0 bridgehead atoms. The van der Waals surface area contributed by atoms with Crippen LogP contribution in [0, 0.1) is 0 Å². The lowest BCUT2D eigenvalue weighted by Gasteiger charge is -2.11. The zero-order chi connectivity index (χ0) is 20.2. The molecule has 7 heteroatoms. The van der Waals surface area contributed by atoms with Crippen molar-refractivity contribution in [3.05, 3.63) is 59.8 Å². The highest BCUT2D eigenvalue weighted by molar-refractivity contribution is 5.99. The van der Waals surface area contributed by atoms with E-state index in [1.165, 1.54) is 0 Å². The fraction of sp³-hybridized carbons (Fsp3) is 0.227. The van der Waals surface area contributed by atoms with Crippen LogP contribution in [0.25, 0.3) is 11.3 Å². The van der Waals surface area contributed by atoms with Gasteiger partial charge in [0.25, 0.3) is 0 Å². The van der Waals surface area contributed by atoms with Gasteiger partial charge in [0.2, 0.25) is 11.9 Å². The highest BCUT2D eigenvalue weighted by Gasteiger charge is 2.20.